The molecular weight excluding hydrogens is 204 g/mol. The molecule has 4 nitrogen and oxygen atoms in total. The van der Waals surface area contributed by atoms with Crippen LogP contribution in [0.5, 0.6) is 0 Å². The van der Waals surface area contributed by atoms with Crippen molar-refractivity contribution in [3.05, 3.63) is 12.7 Å². The van der Waals surface area contributed by atoms with E-state index < -0.39 is 15.5 Å². The first-order chi connectivity index (χ1) is 6.16. The lowest BCUT2D eigenvalue weighted by Crippen LogP contribution is -2.20. The zero-order valence-electron chi connectivity index (χ0n) is 8.49. The number of ketones is 1. The molecular formula is C9H16O4S. The van der Waals surface area contributed by atoms with Crippen LogP contribution in [-0.4, -0.2) is 24.5 Å². The van der Waals surface area contributed by atoms with Crippen LogP contribution < -0.4 is 0 Å². The van der Waals surface area contributed by atoms with E-state index in [1.165, 1.54) is 6.08 Å². The molecule has 0 fully saturated rings. The average molecular weight is 220 g/mol. The largest absolute Gasteiger partial charge is 0.295 e. The van der Waals surface area contributed by atoms with Gasteiger partial charge in [0.25, 0.3) is 10.1 Å². The molecule has 0 unspecified atom stereocenters. The van der Waals surface area contributed by atoms with Gasteiger partial charge in [-0.3, -0.25) is 9.35 Å². The first-order valence-electron chi connectivity index (χ1n) is 4.27. The van der Waals surface area contributed by atoms with Crippen LogP contribution in [0.2, 0.25) is 0 Å². The van der Waals surface area contributed by atoms with Gasteiger partial charge in [-0.15, -0.1) is 0 Å². The fourth-order valence-electron chi connectivity index (χ4n) is 1.04. The number of carbonyl (C=O) groups is 1. The van der Waals surface area contributed by atoms with E-state index in [0.717, 1.165) is 0 Å². The molecule has 14 heavy (non-hydrogen) atoms. The van der Waals surface area contributed by atoms with Gasteiger partial charge in [0.15, 0.2) is 5.78 Å². The van der Waals surface area contributed by atoms with Crippen molar-refractivity contribution < 1.29 is 17.8 Å². The van der Waals surface area contributed by atoms with Crippen LogP contribution in [0.25, 0.3) is 0 Å². The van der Waals surface area contributed by atoms with Crippen LogP contribution in [-0.2, 0) is 14.9 Å². The molecule has 0 saturated heterocycles. The average Bonchev–Trinajstić information content (AvgIpc) is 1.99. The lowest BCUT2D eigenvalue weighted by atomic mass is 9.85. The maximum atomic E-state index is 11.0. The van der Waals surface area contributed by atoms with Crippen molar-refractivity contribution in [1.29, 1.82) is 0 Å². The minimum Gasteiger partial charge on any atom is -0.295 e. The zero-order chi connectivity index (χ0) is 11.4. The van der Waals surface area contributed by atoms with Crippen LogP contribution in [0.15, 0.2) is 12.7 Å². The van der Waals surface area contributed by atoms with E-state index in [2.05, 4.69) is 6.58 Å². The van der Waals surface area contributed by atoms with Crippen molar-refractivity contribution in [3.63, 3.8) is 0 Å². The predicted molar refractivity (Wildman–Crippen MR) is 54.6 cm³/mol. The van der Waals surface area contributed by atoms with E-state index in [0.29, 0.717) is 0 Å². The minimum absolute atomic E-state index is 0.120. The molecule has 0 bridgehead atoms. The highest BCUT2D eigenvalue weighted by atomic mass is 32.2. The van der Waals surface area contributed by atoms with Crippen molar-refractivity contribution in [2.75, 3.05) is 5.75 Å². The third-order valence-electron chi connectivity index (χ3n) is 1.92. The van der Waals surface area contributed by atoms with Gasteiger partial charge in [-0.25, -0.2) is 0 Å². The topological polar surface area (TPSA) is 71.4 Å². The Labute approximate surface area is 84.8 Å². The molecule has 0 spiro atoms. The quantitative estimate of drug-likeness (QED) is 0.543. The predicted octanol–water partition coefficient (Wildman–Crippen LogP) is 1.44. The summed E-state index contributed by atoms with van der Waals surface area (Å²) in [5, 5.41) is 0. The lowest BCUT2D eigenvalue weighted by Gasteiger charge is -2.21. The lowest BCUT2D eigenvalue weighted by molar-refractivity contribution is -0.116. The Balaban J connectivity index is 4.21. The maximum Gasteiger partial charge on any atom is 0.264 e. The summed E-state index contributed by atoms with van der Waals surface area (Å²) in [7, 11) is -3.94. The highest BCUT2D eigenvalue weighted by Gasteiger charge is 2.22. The van der Waals surface area contributed by atoms with Gasteiger partial charge < -0.3 is 0 Å². The summed E-state index contributed by atoms with van der Waals surface area (Å²) in [6, 6.07) is 0. The van der Waals surface area contributed by atoms with Gasteiger partial charge in [-0.1, -0.05) is 20.4 Å². The molecule has 0 aliphatic rings. The molecule has 0 aliphatic carbocycles. The summed E-state index contributed by atoms with van der Waals surface area (Å²) in [5.41, 5.74) is -0.429. The third kappa shape index (κ3) is 6.80. The van der Waals surface area contributed by atoms with Crippen molar-refractivity contribution in [1.82, 2.24) is 0 Å². The zero-order valence-corrected chi connectivity index (χ0v) is 9.30. The van der Waals surface area contributed by atoms with Crippen LogP contribution in [0.3, 0.4) is 0 Å². The standard InChI is InChI=1S/C9H16O4S/c1-4-8(10)7-9(2,3)5-6-14(11,12)13/h4H,1,5-7H2,2-3H3,(H,11,12,13). The van der Waals surface area contributed by atoms with Crippen molar-refractivity contribution in [2.24, 2.45) is 5.41 Å². The Morgan fingerprint density at radius 2 is 2.00 bits per heavy atom. The Kier molecular flexibility index (Phi) is 4.48. The minimum atomic E-state index is -3.94. The molecule has 0 atom stereocenters. The van der Waals surface area contributed by atoms with Gasteiger partial charge >= 0.3 is 0 Å². The first kappa shape index (κ1) is 13.3. The van der Waals surface area contributed by atoms with E-state index in [9.17, 15) is 13.2 Å². The molecule has 0 amide bonds. The first-order valence-corrected chi connectivity index (χ1v) is 5.88. The van der Waals surface area contributed by atoms with E-state index in [1.54, 1.807) is 13.8 Å². The summed E-state index contributed by atoms with van der Waals surface area (Å²) >= 11 is 0. The smallest absolute Gasteiger partial charge is 0.264 e. The Hall–Kier alpha value is -0.680. The van der Waals surface area contributed by atoms with Gasteiger partial charge in [0.2, 0.25) is 0 Å². The highest BCUT2D eigenvalue weighted by molar-refractivity contribution is 7.85. The second-order valence-electron chi connectivity index (χ2n) is 4.05. The SMILES string of the molecule is C=CC(=O)CC(C)(C)CCS(=O)(=O)O. The van der Waals surface area contributed by atoms with E-state index in [1.807, 2.05) is 0 Å². The van der Waals surface area contributed by atoms with Crippen LogP contribution in [0.4, 0.5) is 0 Å². The van der Waals surface area contributed by atoms with E-state index in [-0.39, 0.29) is 24.4 Å². The summed E-state index contributed by atoms with van der Waals surface area (Å²) in [6.07, 6.45) is 1.71. The number of rotatable bonds is 6. The molecule has 0 aromatic rings. The number of hydrogen-bond acceptors (Lipinski definition) is 3. The molecule has 1 N–H and O–H groups in total. The summed E-state index contributed by atoms with van der Waals surface area (Å²) in [4.78, 5) is 11.0. The van der Waals surface area contributed by atoms with Gasteiger partial charge in [0.05, 0.1) is 5.75 Å². The van der Waals surface area contributed by atoms with Gasteiger partial charge in [0.1, 0.15) is 0 Å². The van der Waals surface area contributed by atoms with Crippen molar-refractivity contribution in [3.8, 4) is 0 Å². The second-order valence-corrected chi connectivity index (χ2v) is 5.62. The molecule has 5 heteroatoms. The van der Waals surface area contributed by atoms with E-state index in [4.69, 9.17) is 4.55 Å². The molecule has 82 valence electrons. The fraction of sp³-hybridized carbons (Fsp3) is 0.667. The fourth-order valence-corrected chi connectivity index (χ4v) is 1.85. The molecule has 0 rings (SSSR count). The van der Waals surface area contributed by atoms with Crippen LogP contribution >= 0.6 is 0 Å². The van der Waals surface area contributed by atoms with E-state index >= 15 is 0 Å². The molecule has 0 aromatic carbocycles. The molecule has 0 heterocycles. The Morgan fingerprint density at radius 1 is 1.50 bits per heavy atom. The maximum absolute atomic E-state index is 11.0. The van der Waals surface area contributed by atoms with Crippen molar-refractivity contribution >= 4 is 15.9 Å². The second kappa shape index (κ2) is 4.70. The normalized spacial score (nSPS) is 12.5. The Bertz CT molecular complexity index is 314. The highest BCUT2D eigenvalue weighted by Crippen LogP contribution is 2.25. The summed E-state index contributed by atoms with van der Waals surface area (Å²) in [6.45, 7) is 6.89. The summed E-state index contributed by atoms with van der Waals surface area (Å²) in [5.74, 6) is -0.435. The third-order valence-corrected chi connectivity index (χ3v) is 2.64. The monoisotopic (exact) mass is 220 g/mol. The van der Waals surface area contributed by atoms with Gasteiger partial charge in [0, 0.05) is 6.42 Å². The van der Waals surface area contributed by atoms with Crippen molar-refractivity contribution in [2.45, 2.75) is 26.7 Å². The van der Waals surface area contributed by atoms with Crippen LogP contribution in [0, 0.1) is 5.41 Å². The van der Waals surface area contributed by atoms with Gasteiger partial charge in [-0.2, -0.15) is 8.42 Å². The molecule has 0 saturated carbocycles. The molecule has 0 radical (unpaired) electrons. The number of allylic oxidation sites excluding steroid dienone is 1. The molecule has 0 aromatic heterocycles. The number of carbonyl (C=O) groups excluding carboxylic acids is 1. The number of hydrogen-bond donors (Lipinski definition) is 1. The molecule has 0 aliphatic heterocycles. The Morgan fingerprint density at radius 3 is 2.36 bits per heavy atom. The van der Waals surface area contributed by atoms with Gasteiger partial charge in [-0.05, 0) is 17.9 Å². The summed E-state index contributed by atoms with van der Waals surface area (Å²) < 4.78 is 29.5. The van der Waals surface area contributed by atoms with Crippen LogP contribution in [0.1, 0.15) is 26.7 Å².